The van der Waals surface area contributed by atoms with Crippen LogP contribution in [-0.2, 0) is 22.6 Å². The van der Waals surface area contributed by atoms with E-state index in [0.29, 0.717) is 17.1 Å². The SMILES string of the molecule is CCc1cnc(C2=NC(C)(C(C)C)C(=O)N2)c(C(=O)OCc2ccncc2)c1. The van der Waals surface area contributed by atoms with Gasteiger partial charge in [0.1, 0.15) is 17.8 Å². The van der Waals surface area contributed by atoms with Crippen LogP contribution in [-0.4, -0.2) is 33.2 Å². The fraction of sp³-hybridized carbons (Fsp3) is 0.381. The third-order valence-electron chi connectivity index (χ3n) is 5.08. The predicted octanol–water partition coefficient (Wildman–Crippen LogP) is 2.69. The van der Waals surface area contributed by atoms with Gasteiger partial charge in [-0.1, -0.05) is 20.8 Å². The molecule has 0 bridgehead atoms. The molecular formula is C21H24N4O3. The summed E-state index contributed by atoms with van der Waals surface area (Å²) in [6.07, 6.45) is 5.70. The number of amidine groups is 1. The number of rotatable bonds is 6. The first-order valence-electron chi connectivity index (χ1n) is 9.31. The van der Waals surface area contributed by atoms with Gasteiger partial charge in [0.2, 0.25) is 0 Å². The summed E-state index contributed by atoms with van der Waals surface area (Å²) in [6, 6.07) is 5.31. The number of carbonyl (C=O) groups excluding carboxylic acids is 2. The van der Waals surface area contributed by atoms with E-state index in [1.54, 1.807) is 43.7 Å². The van der Waals surface area contributed by atoms with Crippen molar-refractivity contribution in [2.24, 2.45) is 10.9 Å². The standard InChI is InChI=1S/C21H24N4O3/c1-5-14-10-16(19(26)28-12-15-6-8-22-9-7-15)17(23-11-14)18-24-20(27)21(4,25-18)13(2)3/h6-11,13H,5,12H2,1-4H3,(H,24,25,27). The molecule has 28 heavy (non-hydrogen) atoms. The topological polar surface area (TPSA) is 93.5 Å². The highest BCUT2D eigenvalue weighted by Gasteiger charge is 2.43. The van der Waals surface area contributed by atoms with Crippen molar-refractivity contribution in [3.63, 3.8) is 0 Å². The molecule has 3 rings (SSSR count). The van der Waals surface area contributed by atoms with E-state index in [4.69, 9.17) is 4.74 Å². The molecule has 0 aromatic carbocycles. The van der Waals surface area contributed by atoms with Crippen LogP contribution in [0.5, 0.6) is 0 Å². The largest absolute Gasteiger partial charge is 0.457 e. The van der Waals surface area contributed by atoms with Gasteiger partial charge in [-0.3, -0.25) is 14.8 Å². The Hall–Kier alpha value is -3.09. The third kappa shape index (κ3) is 3.78. The Bertz CT molecular complexity index is 925. The molecule has 2 aromatic rings. The fourth-order valence-corrected chi connectivity index (χ4v) is 2.80. The van der Waals surface area contributed by atoms with E-state index in [2.05, 4.69) is 20.3 Å². The van der Waals surface area contributed by atoms with E-state index in [1.807, 2.05) is 20.8 Å². The second-order valence-electron chi connectivity index (χ2n) is 7.24. The van der Waals surface area contributed by atoms with Crippen molar-refractivity contribution in [2.75, 3.05) is 0 Å². The maximum atomic E-state index is 12.8. The summed E-state index contributed by atoms with van der Waals surface area (Å²) in [6.45, 7) is 7.75. The first-order chi connectivity index (χ1) is 13.3. The summed E-state index contributed by atoms with van der Waals surface area (Å²) in [4.78, 5) is 38.2. The molecule has 1 N–H and O–H groups in total. The average Bonchev–Trinajstić information content (AvgIpc) is 3.02. The molecule has 7 heteroatoms. The summed E-state index contributed by atoms with van der Waals surface area (Å²) in [5.41, 5.74) is 1.47. The number of ether oxygens (including phenoxy) is 1. The average molecular weight is 380 g/mol. The summed E-state index contributed by atoms with van der Waals surface area (Å²) in [7, 11) is 0. The Morgan fingerprint density at radius 1 is 1.25 bits per heavy atom. The lowest BCUT2D eigenvalue weighted by Gasteiger charge is -2.21. The number of nitrogens with zero attached hydrogens (tertiary/aromatic N) is 3. The summed E-state index contributed by atoms with van der Waals surface area (Å²) < 4.78 is 5.47. The van der Waals surface area contributed by atoms with E-state index in [9.17, 15) is 9.59 Å². The van der Waals surface area contributed by atoms with E-state index >= 15 is 0 Å². The van der Waals surface area contributed by atoms with Crippen molar-refractivity contribution in [3.8, 4) is 0 Å². The van der Waals surface area contributed by atoms with Gasteiger partial charge in [-0.25, -0.2) is 9.79 Å². The minimum atomic E-state index is -0.890. The molecule has 3 heterocycles. The van der Waals surface area contributed by atoms with Gasteiger partial charge in [0.05, 0.1) is 5.56 Å². The molecule has 0 aliphatic carbocycles. The zero-order valence-corrected chi connectivity index (χ0v) is 16.5. The summed E-state index contributed by atoms with van der Waals surface area (Å²) in [5, 5.41) is 2.78. The normalized spacial score (nSPS) is 18.8. The van der Waals surface area contributed by atoms with Gasteiger partial charge >= 0.3 is 5.97 Å². The lowest BCUT2D eigenvalue weighted by molar-refractivity contribution is -0.124. The molecule has 0 fully saturated rings. The van der Waals surface area contributed by atoms with Crippen LogP contribution in [0.2, 0.25) is 0 Å². The molecule has 0 saturated carbocycles. The van der Waals surface area contributed by atoms with Crippen LogP contribution < -0.4 is 5.32 Å². The molecule has 0 saturated heterocycles. The zero-order valence-electron chi connectivity index (χ0n) is 16.5. The van der Waals surface area contributed by atoms with Gasteiger partial charge in [-0.15, -0.1) is 0 Å². The van der Waals surface area contributed by atoms with E-state index < -0.39 is 11.5 Å². The van der Waals surface area contributed by atoms with Gasteiger partial charge in [-0.2, -0.15) is 0 Å². The number of nitrogens with one attached hydrogen (secondary N) is 1. The first-order valence-corrected chi connectivity index (χ1v) is 9.31. The summed E-state index contributed by atoms with van der Waals surface area (Å²) >= 11 is 0. The van der Waals surface area contributed by atoms with Crippen molar-refractivity contribution in [2.45, 2.75) is 46.3 Å². The van der Waals surface area contributed by atoms with Crippen molar-refractivity contribution in [1.29, 1.82) is 0 Å². The molecule has 0 spiro atoms. The number of hydrogen-bond acceptors (Lipinski definition) is 6. The Morgan fingerprint density at radius 3 is 2.57 bits per heavy atom. The highest BCUT2D eigenvalue weighted by molar-refractivity contribution is 6.17. The number of aromatic nitrogens is 2. The van der Waals surface area contributed by atoms with Gasteiger partial charge in [0.25, 0.3) is 5.91 Å². The fourth-order valence-electron chi connectivity index (χ4n) is 2.80. The Kier molecular flexibility index (Phi) is 5.53. The number of aliphatic imine (C=N–C) groups is 1. The maximum Gasteiger partial charge on any atom is 0.340 e. The molecule has 2 aromatic heterocycles. The van der Waals surface area contributed by atoms with Crippen molar-refractivity contribution in [1.82, 2.24) is 15.3 Å². The van der Waals surface area contributed by atoms with Crippen molar-refractivity contribution >= 4 is 17.7 Å². The highest BCUT2D eigenvalue weighted by atomic mass is 16.5. The maximum absolute atomic E-state index is 12.8. The minimum absolute atomic E-state index is 0.00186. The van der Waals surface area contributed by atoms with Crippen LogP contribution in [0.3, 0.4) is 0 Å². The Balaban J connectivity index is 1.93. The van der Waals surface area contributed by atoms with E-state index in [1.165, 1.54) is 0 Å². The second kappa shape index (κ2) is 7.88. The first kappa shape index (κ1) is 19.7. The predicted molar refractivity (Wildman–Crippen MR) is 105 cm³/mol. The van der Waals surface area contributed by atoms with Crippen LogP contribution in [0.25, 0.3) is 0 Å². The Labute approximate surface area is 164 Å². The van der Waals surface area contributed by atoms with Crippen LogP contribution in [0.4, 0.5) is 0 Å². The molecule has 1 unspecified atom stereocenters. The quantitative estimate of drug-likeness (QED) is 0.778. The number of esters is 1. The number of aryl methyl sites for hydroxylation is 1. The van der Waals surface area contributed by atoms with E-state index in [-0.39, 0.29) is 18.4 Å². The molecule has 1 atom stereocenters. The Morgan fingerprint density at radius 2 is 1.96 bits per heavy atom. The molecule has 0 radical (unpaired) electrons. The zero-order chi connectivity index (χ0) is 20.3. The second-order valence-corrected chi connectivity index (χ2v) is 7.24. The van der Waals surface area contributed by atoms with Crippen LogP contribution in [0.15, 0.2) is 41.8 Å². The monoisotopic (exact) mass is 380 g/mol. The number of hydrogen-bond donors (Lipinski definition) is 1. The molecule has 1 amide bonds. The molecule has 146 valence electrons. The van der Waals surface area contributed by atoms with Crippen LogP contribution in [0, 0.1) is 5.92 Å². The number of pyridine rings is 2. The van der Waals surface area contributed by atoms with Gasteiger partial charge in [0.15, 0.2) is 5.84 Å². The van der Waals surface area contributed by atoms with Gasteiger partial charge < -0.3 is 10.1 Å². The van der Waals surface area contributed by atoms with E-state index in [0.717, 1.165) is 17.5 Å². The minimum Gasteiger partial charge on any atom is -0.457 e. The number of carbonyl (C=O) groups is 2. The third-order valence-corrected chi connectivity index (χ3v) is 5.08. The molecule has 1 aliphatic rings. The van der Waals surface area contributed by atoms with Crippen LogP contribution >= 0.6 is 0 Å². The van der Waals surface area contributed by atoms with Crippen molar-refractivity contribution in [3.05, 3.63) is 59.2 Å². The highest BCUT2D eigenvalue weighted by Crippen LogP contribution is 2.27. The van der Waals surface area contributed by atoms with Crippen molar-refractivity contribution < 1.29 is 14.3 Å². The van der Waals surface area contributed by atoms with Crippen LogP contribution in [0.1, 0.15) is 54.9 Å². The molecular weight excluding hydrogens is 356 g/mol. The van der Waals surface area contributed by atoms with Gasteiger partial charge in [0, 0.05) is 18.6 Å². The van der Waals surface area contributed by atoms with Gasteiger partial charge in [-0.05, 0) is 48.6 Å². The smallest absolute Gasteiger partial charge is 0.340 e. The lowest BCUT2D eigenvalue weighted by atomic mass is 9.89. The summed E-state index contributed by atoms with van der Waals surface area (Å²) in [5.74, 6) is -0.401. The molecule has 7 nitrogen and oxygen atoms in total. The lowest BCUT2D eigenvalue weighted by Crippen LogP contribution is -2.41. The number of amides is 1. The molecule has 1 aliphatic heterocycles.